The van der Waals surface area contributed by atoms with Gasteiger partial charge in [-0.05, 0) is 64.4 Å². The zero-order valence-electron chi connectivity index (χ0n) is 15.4. The summed E-state index contributed by atoms with van der Waals surface area (Å²) in [4.78, 5) is 4.31. The van der Waals surface area contributed by atoms with E-state index < -0.39 is 28.7 Å². The number of likely N-dealkylation sites (N-methyl/N-ethyl adjacent to an activating group) is 1. The standard InChI is InChI=1S/C19H26F4N2O/c1-17(2,26)12-25(11-14-6-9-24(14)3)18(7-8-18)13-4-5-16(20)15(10-13)19(21,22)23/h4-5,10,14,26H,6-9,11-12H2,1-3H3. The highest BCUT2D eigenvalue weighted by molar-refractivity contribution is 5.36. The largest absolute Gasteiger partial charge is 0.419 e. The number of halogens is 4. The third kappa shape index (κ3) is 3.89. The summed E-state index contributed by atoms with van der Waals surface area (Å²) in [6.45, 7) is 5.44. The first kappa shape index (κ1) is 19.6. The molecular weight excluding hydrogens is 348 g/mol. The minimum atomic E-state index is -4.72. The highest BCUT2D eigenvalue weighted by atomic mass is 19.4. The number of hydrogen-bond acceptors (Lipinski definition) is 3. The molecule has 2 fully saturated rings. The number of hydrogen-bond donors (Lipinski definition) is 1. The van der Waals surface area contributed by atoms with Gasteiger partial charge in [-0.25, -0.2) is 4.39 Å². The molecule has 1 aliphatic heterocycles. The molecule has 0 amide bonds. The molecule has 3 nitrogen and oxygen atoms in total. The molecule has 1 saturated heterocycles. The van der Waals surface area contributed by atoms with Crippen molar-refractivity contribution in [2.24, 2.45) is 0 Å². The maximum atomic E-state index is 13.7. The Morgan fingerprint density at radius 3 is 2.35 bits per heavy atom. The second kappa shape index (κ2) is 6.46. The molecule has 2 aliphatic rings. The molecule has 3 rings (SSSR count). The van der Waals surface area contributed by atoms with Gasteiger partial charge in [-0.3, -0.25) is 4.90 Å². The number of benzene rings is 1. The Bertz CT molecular complexity index is 664. The molecule has 1 unspecified atom stereocenters. The van der Waals surface area contributed by atoms with Crippen molar-refractivity contribution in [2.75, 3.05) is 26.7 Å². The lowest BCUT2D eigenvalue weighted by atomic mass is 9.95. The highest BCUT2D eigenvalue weighted by Gasteiger charge is 2.52. The Morgan fingerprint density at radius 1 is 1.27 bits per heavy atom. The van der Waals surface area contributed by atoms with E-state index in [2.05, 4.69) is 9.80 Å². The second-order valence-electron chi connectivity index (χ2n) is 8.34. The zero-order chi connectivity index (χ0) is 19.3. The normalized spacial score (nSPS) is 23.2. The van der Waals surface area contributed by atoms with Gasteiger partial charge < -0.3 is 10.0 Å². The summed E-state index contributed by atoms with van der Waals surface area (Å²) >= 11 is 0. The highest BCUT2D eigenvalue weighted by Crippen LogP contribution is 2.52. The van der Waals surface area contributed by atoms with E-state index in [0.29, 0.717) is 37.5 Å². The first-order chi connectivity index (χ1) is 11.9. The summed E-state index contributed by atoms with van der Waals surface area (Å²) < 4.78 is 53.1. The molecular formula is C19H26F4N2O. The van der Waals surface area contributed by atoms with Crippen molar-refractivity contribution < 1.29 is 22.7 Å². The van der Waals surface area contributed by atoms with Gasteiger partial charge in [-0.2, -0.15) is 13.2 Å². The van der Waals surface area contributed by atoms with Gasteiger partial charge >= 0.3 is 6.18 Å². The minimum Gasteiger partial charge on any atom is -0.389 e. The van der Waals surface area contributed by atoms with Crippen LogP contribution in [0.3, 0.4) is 0 Å². The lowest BCUT2D eigenvalue weighted by Crippen LogP contribution is -2.55. The van der Waals surface area contributed by atoms with E-state index >= 15 is 0 Å². The number of nitrogens with zero attached hydrogens (tertiary/aromatic N) is 2. The van der Waals surface area contributed by atoms with Crippen LogP contribution in [-0.2, 0) is 11.7 Å². The second-order valence-corrected chi connectivity index (χ2v) is 8.34. The molecule has 1 heterocycles. The van der Waals surface area contributed by atoms with Gasteiger partial charge in [0.2, 0.25) is 0 Å². The molecule has 0 spiro atoms. The Labute approximate surface area is 151 Å². The van der Waals surface area contributed by atoms with Gasteiger partial charge in [-0.1, -0.05) is 6.07 Å². The van der Waals surface area contributed by atoms with E-state index in [1.54, 1.807) is 13.8 Å². The topological polar surface area (TPSA) is 26.7 Å². The third-order valence-corrected chi connectivity index (χ3v) is 5.59. The van der Waals surface area contributed by atoms with Gasteiger partial charge in [0.05, 0.1) is 11.2 Å². The Balaban J connectivity index is 1.92. The van der Waals surface area contributed by atoms with Crippen LogP contribution in [0.1, 0.15) is 44.2 Å². The van der Waals surface area contributed by atoms with Crippen molar-refractivity contribution >= 4 is 0 Å². The first-order valence-corrected chi connectivity index (χ1v) is 8.97. The predicted octanol–water partition coefficient (Wildman–Crippen LogP) is 3.61. The fraction of sp³-hybridized carbons (Fsp3) is 0.684. The quantitative estimate of drug-likeness (QED) is 0.771. The van der Waals surface area contributed by atoms with Gasteiger partial charge in [0.1, 0.15) is 5.82 Å². The maximum Gasteiger partial charge on any atom is 0.419 e. The molecule has 1 aromatic rings. The smallest absolute Gasteiger partial charge is 0.389 e. The molecule has 0 aromatic heterocycles. The van der Waals surface area contributed by atoms with Crippen molar-refractivity contribution in [1.82, 2.24) is 9.80 Å². The summed E-state index contributed by atoms with van der Waals surface area (Å²) in [6, 6.07) is 3.65. The molecule has 0 radical (unpaired) electrons. The van der Waals surface area contributed by atoms with Gasteiger partial charge in [0, 0.05) is 24.7 Å². The van der Waals surface area contributed by atoms with Crippen LogP contribution in [0.25, 0.3) is 0 Å². The Morgan fingerprint density at radius 2 is 1.92 bits per heavy atom. The van der Waals surface area contributed by atoms with Crippen LogP contribution in [0.5, 0.6) is 0 Å². The van der Waals surface area contributed by atoms with Gasteiger partial charge in [0.25, 0.3) is 0 Å². The van der Waals surface area contributed by atoms with Crippen molar-refractivity contribution in [3.8, 4) is 0 Å². The lowest BCUT2D eigenvalue weighted by Gasteiger charge is -2.45. The number of alkyl halides is 3. The SMILES string of the molecule is CN1CCC1CN(CC(C)(C)O)C1(c2ccc(F)c(C(F)(F)F)c2)CC1. The van der Waals surface area contributed by atoms with E-state index in [-0.39, 0.29) is 0 Å². The molecule has 1 saturated carbocycles. The fourth-order valence-corrected chi connectivity index (χ4v) is 3.85. The van der Waals surface area contributed by atoms with E-state index in [1.165, 1.54) is 6.07 Å². The van der Waals surface area contributed by atoms with Crippen LogP contribution in [0.15, 0.2) is 18.2 Å². The summed E-state index contributed by atoms with van der Waals surface area (Å²) in [5.74, 6) is -1.25. The number of aliphatic hydroxyl groups is 1. The molecule has 0 bridgehead atoms. The Kier molecular flexibility index (Phi) is 4.86. The molecule has 1 aromatic carbocycles. The average Bonchev–Trinajstić information content (AvgIpc) is 3.29. The first-order valence-electron chi connectivity index (χ1n) is 8.97. The summed E-state index contributed by atoms with van der Waals surface area (Å²) in [5.41, 5.74) is -2.25. The van der Waals surface area contributed by atoms with Crippen molar-refractivity contribution in [3.05, 3.63) is 35.1 Å². The number of rotatable bonds is 6. The Hall–Kier alpha value is -1.18. The minimum absolute atomic E-state index is 0.331. The average molecular weight is 374 g/mol. The van der Waals surface area contributed by atoms with Crippen molar-refractivity contribution in [2.45, 2.75) is 56.5 Å². The molecule has 1 aliphatic carbocycles. The summed E-state index contributed by atoms with van der Waals surface area (Å²) in [6.07, 6.45) is -2.26. The van der Waals surface area contributed by atoms with E-state index in [9.17, 15) is 22.7 Å². The fourth-order valence-electron chi connectivity index (χ4n) is 3.85. The maximum absolute atomic E-state index is 13.7. The van der Waals surface area contributed by atoms with E-state index in [1.807, 2.05) is 7.05 Å². The lowest BCUT2D eigenvalue weighted by molar-refractivity contribution is -0.140. The van der Waals surface area contributed by atoms with Gasteiger partial charge in [0.15, 0.2) is 0 Å². The zero-order valence-corrected chi connectivity index (χ0v) is 15.4. The van der Waals surface area contributed by atoms with E-state index in [4.69, 9.17) is 0 Å². The molecule has 146 valence electrons. The van der Waals surface area contributed by atoms with Crippen LogP contribution >= 0.6 is 0 Å². The molecule has 1 atom stereocenters. The summed E-state index contributed by atoms with van der Waals surface area (Å²) in [7, 11) is 2.02. The van der Waals surface area contributed by atoms with Crippen LogP contribution in [-0.4, -0.2) is 53.2 Å². The van der Waals surface area contributed by atoms with E-state index in [0.717, 1.165) is 25.1 Å². The van der Waals surface area contributed by atoms with Crippen molar-refractivity contribution in [3.63, 3.8) is 0 Å². The van der Waals surface area contributed by atoms with Gasteiger partial charge in [-0.15, -0.1) is 0 Å². The molecule has 1 N–H and O–H groups in total. The summed E-state index contributed by atoms with van der Waals surface area (Å²) in [5, 5.41) is 10.3. The third-order valence-electron chi connectivity index (χ3n) is 5.59. The molecule has 7 heteroatoms. The monoisotopic (exact) mass is 374 g/mol. The van der Waals surface area contributed by atoms with Crippen molar-refractivity contribution in [1.29, 1.82) is 0 Å². The van der Waals surface area contributed by atoms with Crippen LogP contribution in [0.4, 0.5) is 17.6 Å². The van der Waals surface area contributed by atoms with Crippen LogP contribution in [0.2, 0.25) is 0 Å². The predicted molar refractivity (Wildman–Crippen MR) is 91.2 cm³/mol. The molecule has 26 heavy (non-hydrogen) atoms. The number of likely N-dealkylation sites (tertiary alicyclic amines) is 1. The van der Waals surface area contributed by atoms with Crippen LogP contribution < -0.4 is 0 Å². The van der Waals surface area contributed by atoms with Crippen LogP contribution in [0, 0.1) is 5.82 Å².